The molecule has 76 valence electrons. The Kier molecular flexibility index (Phi) is 4.13. The van der Waals surface area contributed by atoms with Crippen LogP contribution in [0, 0.1) is 5.82 Å². The number of hydrogen-bond acceptors (Lipinski definition) is 2. The number of rotatable bonds is 4. The number of benzene rings is 1. The van der Waals surface area contributed by atoms with Gasteiger partial charge in [0.15, 0.2) is 11.6 Å². The molecule has 0 fully saturated rings. The molecule has 0 unspecified atom stereocenters. The Morgan fingerprint density at radius 3 is 2.93 bits per heavy atom. The molecule has 0 amide bonds. The van der Waals surface area contributed by atoms with Crippen LogP contribution in [0.25, 0.3) is 6.08 Å². The van der Waals surface area contributed by atoms with E-state index in [-0.39, 0.29) is 5.75 Å². The minimum absolute atomic E-state index is 0.305. The molecular weight excluding hydrogens is 181 g/mol. The maximum atomic E-state index is 12.7. The fourth-order valence-electron chi connectivity index (χ4n) is 1.08. The van der Waals surface area contributed by atoms with Gasteiger partial charge in [-0.1, -0.05) is 18.2 Å². The number of aromatic hydroxyl groups is 1. The van der Waals surface area contributed by atoms with E-state index in [9.17, 15) is 4.39 Å². The molecular formula is C11H14FNO. The van der Waals surface area contributed by atoms with Crippen LogP contribution >= 0.6 is 0 Å². The molecule has 0 aromatic heterocycles. The molecule has 0 radical (unpaired) electrons. The lowest BCUT2D eigenvalue weighted by Crippen LogP contribution is -2.05. The smallest absolute Gasteiger partial charge is 0.164 e. The zero-order chi connectivity index (χ0) is 10.4. The highest BCUT2D eigenvalue weighted by atomic mass is 19.1. The fourth-order valence-corrected chi connectivity index (χ4v) is 1.08. The molecule has 0 atom stereocenters. The lowest BCUT2D eigenvalue weighted by molar-refractivity contribution is 0.432. The number of halogens is 1. The van der Waals surface area contributed by atoms with E-state index < -0.39 is 5.82 Å². The van der Waals surface area contributed by atoms with Crippen molar-refractivity contribution >= 4 is 6.08 Å². The molecule has 0 spiro atoms. The lowest BCUT2D eigenvalue weighted by Gasteiger charge is -1.97. The second-order valence-corrected chi connectivity index (χ2v) is 3.01. The van der Waals surface area contributed by atoms with E-state index in [0.717, 1.165) is 18.5 Å². The van der Waals surface area contributed by atoms with Crippen molar-refractivity contribution in [2.45, 2.75) is 6.42 Å². The van der Waals surface area contributed by atoms with Crippen molar-refractivity contribution in [1.82, 2.24) is 5.32 Å². The molecule has 1 rings (SSSR count). The number of phenols is 1. The van der Waals surface area contributed by atoms with E-state index in [0.29, 0.717) is 0 Å². The van der Waals surface area contributed by atoms with E-state index in [2.05, 4.69) is 5.32 Å². The van der Waals surface area contributed by atoms with Gasteiger partial charge in [0.25, 0.3) is 0 Å². The standard InChI is InChI=1S/C11H14FNO/c1-13-7-3-2-4-9-5-6-10(12)11(14)8-9/h2,4-6,8,13-14H,3,7H2,1H3. The minimum Gasteiger partial charge on any atom is -0.505 e. The van der Waals surface area contributed by atoms with Crippen molar-refractivity contribution in [3.8, 4) is 5.75 Å². The van der Waals surface area contributed by atoms with Crippen molar-refractivity contribution in [1.29, 1.82) is 0 Å². The maximum Gasteiger partial charge on any atom is 0.164 e. The summed E-state index contributed by atoms with van der Waals surface area (Å²) in [5.74, 6) is -0.891. The van der Waals surface area contributed by atoms with Gasteiger partial charge in [0, 0.05) is 0 Å². The van der Waals surface area contributed by atoms with Gasteiger partial charge in [-0.2, -0.15) is 0 Å². The molecule has 14 heavy (non-hydrogen) atoms. The van der Waals surface area contributed by atoms with Gasteiger partial charge in [0.2, 0.25) is 0 Å². The van der Waals surface area contributed by atoms with E-state index in [1.165, 1.54) is 12.1 Å². The van der Waals surface area contributed by atoms with E-state index >= 15 is 0 Å². The predicted octanol–water partition coefficient (Wildman–Crippen LogP) is 2.15. The van der Waals surface area contributed by atoms with Crippen molar-refractivity contribution in [2.75, 3.05) is 13.6 Å². The van der Waals surface area contributed by atoms with Gasteiger partial charge >= 0.3 is 0 Å². The van der Waals surface area contributed by atoms with Crippen molar-refractivity contribution < 1.29 is 9.50 Å². The van der Waals surface area contributed by atoms with Gasteiger partial charge in [0.1, 0.15) is 0 Å². The van der Waals surface area contributed by atoms with Crippen LogP contribution in [0.5, 0.6) is 5.75 Å². The van der Waals surface area contributed by atoms with Crippen LogP contribution in [0.4, 0.5) is 4.39 Å². The Morgan fingerprint density at radius 2 is 2.29 bits per heavy atom. The molecule has 0 aliphatic heterocycles. The van der Waals surface area contributed by atoms with E-state index in [1.807, 2.05) is 19.2 Å². The molecule has 0 saturated heterocycles. The summed E-state index contributed by atoms with van der Waals surface area (Å²) >= 11 is 0. The number of phenolic OH excluding ortho intramolecular Hbond substituents is 1. The minimum atomic E-state index is -0.586. The largest absolute Gasteiger partial charge is 0.505 e. The molecule has 0 saturated carbocycles. The van der Waals surface area contributed by atoms with E-state index in [1.54, 1.807) is 6.07 Å². The van der Waals surface area contributed by atoms with Crippen molar-refractivity contribution in [2.24, 2.45) is 0 Å². The van der Waals surface area contributed by atoms with Crippen LogP contribution in [0.2, 0.25) is 0 Å². The topological polar surface area (TPSA) is 32.3 Å². The van der Waals surface area contributed by atoms with Gasteiger partial charge in [-0.25, -0.2) is 4.39 Å². The highest BCUT2D eigenvalue weighted by molar-refractivity contribution is 5.51. The van der Waals surface area contributed by atoms with Gasteiger partial charge in [0.05, 0.1) is 0 Å². The van der Waals surface area contributed by atoms with Crippen LogP contribution in [-0.4, -0.2) is 18.7 Å². The Bertz CT molecular complexity index is 323. The summed E-state index contributed by atoms with van der Waals surface area (Å²) in [5.41, 5.74) is 0.806. The second kappa shape index (κ2) is 5.40. The SMILES string of the molecule is CNCCC=Cc1ccc(F)c(O)c1. The molecule has 1 aromatic carbocycles. The molecule has 2 nitrogen and oxygen atoms in total. The zero-order valence-corrected chi connectivity index (χ0v) is 8.13. The third-order valence-corrected chi connectivity index (χ3v) is 1.84. The quantitative estimate of drug-likeness (QED) is 0.721. The predicted molar refractivity (Wildman–Crippen MR) is 55.6 cm³/mol. The van der Waals surface area contributed by atoms with Crippen molar-refractivity contribution in [3.63, 3.8) is 0 Å². The Hall–Kier alpha value is -1.35. The molecule has 0 aliphatic rings. The number of nitrogens with one attached hydrogen (secondary N) is 1. The average molecular weight is 195 g/mol. The van der Waals surface area contributed by atoms with Gasteiger partial charge in [-0.15, -0.1) is 0 Å². The van der Waals surface area contributed by atoms with Gasteiger partial charge in [-0.3, -0.25) is 0 Å². The summed E-state index contributed by atoms with van der Waals surface area (Å²) < 4.78 is 12.7. The Morgan fingerprint density at radius 1 is 1.50 bits per heavy atom. The summed E-state index contributed by atoms with van der Waals surface area (Å²) in [6.45, 7) is 0.906. The first-order valence-electron chi connectivity index (χ1n) is 4.53. The first-order valence-corrected chi connectivity index (χ1v) is 4.53. The first kappa shape index (κ1) is 10.7. The molecule has 0 heterocycles. The van der Waals surface area contributed by atoms with Crippen LogP contribution < -0.4 is 5.32 Å². The summed E-state index contributed by atoms with van der Waals surface area (Å²) in [6.07, 6.45) is 4.74. The summed E-state index contributed by atoms with van der Waals surface area (Å²) in [4.78, 5) is 0. The van der Waals surface area contributed by atoms with Crippen LogP contribution in [-0.2, 0) is 0 Å². The first-order chi connectivity index (χ1) is 6.74. The average Bonchev–Trinajstić information content (AvgIpc) is 2.18. The van der Waals surface area contributed by atoms with Gasteiger partial charge < -0.3 is 10.4 Å². The monoisotopic (exact) mass is 195 g/mol. The Balaban J connectivity index is 2.59. The van der Waals surface area contributed by atoms with Crippen LogP contribution in [0.3, 0.4) is 0 Å². The summed E-state index contributed by atoms with van der Waals surface area (Å²) in [5, 5.41) is 12.1. The van der Waals surface area contributed by atoms with Gasteiger partial charge in [-0.05, 0) is 37.7 Å². The summed E-state index contributed by atoms with van der Waals surface area (Å²) in [7, 11) is 1.89. The van der Waals surface area contributed by atoms with E-state index in [4.69, 9.17) is 5.11 Å². The zero-order valence-electron chi connectivity index (χ0n) is 8.13. The maximum absolute atomic E-state index is 12.7. The third kappa shape index (κ3) is 3.18. The summed E-state index contributed by atoms with van der Waals surface area (Å²) in [6, 6.07) is 4.29. The molecule has 2 N–H and O–H groups in total. The third-order valence-electron chi connectivity index (χ3n) is 1.84. The Labute approximate surface area is 83.1 Å². The molecule has 0 bridgehead atoms. The second-order valence-electron chi connectivity index (χ2n) is 3.01. The fraction of sp³-hybridized carbons (Fsp3) is 0.273. The van der Waals surface area contributed by atoms with Crippen LogP contribution in [0.15, 0.2) is 24.3 Å². The number of hydrogen-bond donors (Lipinski definition) is 2. The molecule has 1 aromatic rings. The lowest BCUT2D eigenvalue weighted by atomic mass is 10.2. The molecule has 3 heteroatoms. The highest BCUT2D eigenvalue weighted by Crippen LogP contribution is 2.17. The highest BCUT2D eigenvalue weighted by Gasteiger charge is 1.98. The molecule has 0 aliphatic carbocycles. The van der Waals surface area contributed by atoms with Crippen LogP contribution in [0.1, 0.15) is 12.0 Å². The normalized spacial score (nSPS) is 11.0. The van der Waals surface area contributed by atoms with Crippen molar-refractivity contribution in [3.05, 3.63) is 35.7 Å².